The van der Waals surface area contributed by atoms with Crippen LogP contribution in [0.15, 0.2) is 12.7 Å². The molecule has 0 saturated heterocycles. The van der Waals surface area contributed by atoms with Crippen molar-refractivity contribution in [2.75, 3.05) is 6.61 Å². The molecule has 0 aliphatic heterocycles. The molecule has 0 amide bonds. The second kappa shape index (κ2) is 5.11. The Labute approximate surface area is 131 Å². The van der Waals surface area contributed by atoms with E-state index < -0.39 is 0 Å². The van der Waals surface area contributed by atoms with Crippen LogP contribution in [0.5, 0.6) is 0 Å². The van der Waals surface area contributed by atoms with Gasteiger partial charge in [0.05, 0.1) is 0 Å². The van der Waals surface area contributed by atoms with E-state index >= 15 is 0 Å². The first-order valence-corrected chi connectivity index (χ1v) is 9.11. The zero-order chi connectivity index (χ0) is 15.3. The second-order valence-corrected chi connectivity index (χ2v) is 9.27. The molecule has 3 rings (SSSR count). The predicted octanol–water partition coefficient (Wildman–Crippen LogP) is 5.19. The van der Waals surface area contributed by atoms with Gasteiger partial charge in [0.15, 0.2) is 0 Å². The molecular weight excluding hydrogens is 256 g/mol. The molecule has 120 valence electrons. The number of hydrogen-bond acceptors (Lipinski definition) is 1. The van der Waals surface area contributed by atoms with Crippen LogP contribution >= 0.6 is 0 Å². The zero-order valence-corrected chi connectivity index (χ0v) is 14.3. The number of allylic oxidation sites excluding steroid dienone is 1. The molecule has 1 unspecified atom stereocenters. The van der Waals surface area contributed by atoms with Crippen molar-refractivity contribution in [2.24, 2.45) is 34.0 Å². The van der Waals surface area contributed by atoms with Gasteiger partial charge in [0.25, 0.3) is 0 Å². The summed E-state index contributed by atoms with van der Waals surface area (Å²) in [5.74, 6) is 2.51. The molecule has 1 nitrogen and oxygen atoms in total. The Morgan fingerprint density at radius 2 is 1.86 bits per heavy atom. The summed E-state index contributed by atoms with van der Waals surface area (Å²) in [5.41, 5.74) is 1.03. The van der Waals surface area contributed by atoms with Crippen molar-refractivity contribution in [3.05, 3.63) is 12.7 Å². The van der Waals surface area contributed by atoms with E-state index in [-0.39, 0.29) is 5.41 Å². The first-order chi connectivity index (χ1) is 9.87. The summed E-state index contributed by atoms with van der Waals surface area (Å²) in [4.78, 5) is 0. The highest BCUT2D eigenvalue weighted by atomic mass is 16.3. The summed E-state index contributed by atoms with van der Waals surface area (Å²) in [6.07, 6.45) is 12.9. The number of hydrogen-bond donors (Lipinski definition) is 1. The molecule has 3 aliphatic rings. The Kier molecular flexibility index (Phi) is 3.80. The third-order valence-electron chi connectivity index (χ3n) is 7.95. The molecule has 1 N–H and O–H groups in total. The SMILES string of the molecule is C=C[C@@]1(C)CC[C@@H]2C(CC[C@@H]3[C@](C)(CO)CCC[C@@]23C)C1. The Morgan fingerprint density at radius 1 is 1.10 bits per heavy atom. The lowest BCUT2D eigenvalue weighted by atomic mass is 9.43. The maximum Gasteiger partial charge on any atom is 0.0487 e. The lowest BCUT2D eigenvalue weighted by molar-refractivity contribution is -0.137. The van der Waals surface area contributed by atoms with E-state index in [1.165, 1.54) is 51.4 Å². The molecule has 0 aromatic rings. The number of aliphatic hydroxyl groups is 1. The highest BCUT2D eigenvalue weighted by molar-refractivity contribution is 5.08. The van der Waals surface area contributed by atoms with Crippen LogP contribution in [-0.4, -0.2) is 11.7 Å². The Balaban J connectivity index is 1.87. The van der Waals surface area contributed by atoms with Crippen molar-refractivity contribution in [2.45, 2.75) is 72.1 Å². The number of fused-ring (bicyclic) bond motifs is 3. The van der Waals surface area contributed by atoms with E-state index in [0.717, 1.165) is 17.8 Å². The van der Waals surface area contributed by atoms with Crippen molar-refractivity contribution in [1.82, 2.24) is 0 Å². The third kappa shape index (κ3) is 2.31. The smallest absolute Gasteiger partial charge is 0.0487 e. The Hall–Kier alpha value is -0.300. The van der Waals surface area contributed by atoms with Gasteiger partial charge in [-0.2, -0.15) is 0 Å². The molecule has 0 heterocycles. The van der Waals surface area contributed by atoms with E-state index in [9.17, 15) is 5.11 Å². The minimum absolute atomic E-state index is 0.178. The van der Waals surface area contributed by atoms with Crippen LogP contribution in [0, 0.1) is 34.0 Å². The normalized spacial score (nSPS) is 53.6. The zero-order valence-electron chi connectivity index (χ0n) is 14.3. The fourth-order valence-corrected chi connectivity index (χ4v) is 6.63. The van der Waals surface area contributed by atoms with Crippen molar-refractivity contribution >= 4 is 0 Å². The van der Waals surface area contributed by atoms with E-state index in [0.29, 0.717) is 17.4 Å². The lowest BCUT2D eigenvalue weighted by Crippen LogP contribution is -2.55. The summed E-state index contributed by atoms with van der Waals surface area (Å²) < 4.78 is 0. The molecule has 0 bridgehead atoms. The summed E-state index contributed by atoms with van der Waals surface area (Å²) in [5, 5.41) is 10.0. The van der Waals surface area contributed by atoms with Gasteiger partial charge in [0.2, 0.25) is 0 Å². The molecule has 0 spiro atoms. The van der Waals surface area contributed by atoms with Crippen LogP contribution in [-0.2, 0) is 0 Å². The van der Waals surface area contributed by atoms with Crippen LogP contribution in [0.25, 0.3) is 0 Å². The fraction of sp³-hybridized carbons (Fsp3) is 0.900. The van der Waals surface area contributed by atoms with Gasteiger partial charge in [0, 0.05) is 6.61 Å². The average Bonchev–Trinajstić information content (AvgIpc) is 2.46. The van der Waals surface area contributed by atoms with Crippen molar-refractivity contribution in [3.63, 3.8) is 0 Å². The quantitative estimate of drug-likeness (QED) is 0.694. The Morgan fingerprint density at radius 3 is 2.52 bits per heavy atom. The van der Waals surface area contributed by atoms with Gasteiger partial charge in [-0.15, -0.1) is 6.58 Å². The largest absolute Gasteiger partial charge is 0.396 e. The second-order valence-electron chi connectivity index (χ2n) is 9.27. The van der Waals surface area contributed by atoms with E-state index in [1.807, 2.05) is 0 Å². The van der Waals surface area contributed by atoms with Crippen LogP contribution in [0.1, 0.15) is 72.1 Å². The third-order valence-corrected chi connectivity index (χ3v) is 7.95. The highest BCUT2D eigenvalue weighted by Gasteiger charge is 2.57. The summed E-state index contributed by atoms with van der Waals surface area (Å²) in [7, 11) is 0. The first kappa shape index (κ1) is 15.6. The van der Waals surface area contributed by atoms with Gasteiger partial charge < -0.3 is 5.11 Å². The summed E-state index contributed by atoms with van der Waals surface area (Å²) in [6, 6.07) is 0. The maximum absolute atomic E-state index is 10.0. The van der Waals surface area contributed by atoms with Crippen LogP contribution in [0.4, 0.5) is 0 Å². The molecule has 3 fully saturated rings. The minimum atomic E-state index is 0.178. The van der Waals surface area contributed by atoms with Crippen LogP contribution in [0.3, 0.4) is 0 Å². The van der Waals surface area contributed by atoms with Gasteiger partial charge in [-0.1, -0.05) is 33.3 Å². The van der Waals surface area contributed by atoms with Crippen molar-refractivity contribution in [1.29, 1.82) is 0 Å². The molecule has 3 saturated carbocycles. The molecule has 1 heteroatoms. The molecule has 21 heavy (non-hydrogen) atoms. The average molecular weight is 290 g/mol. The lowest BCUT2D eigenvalue weighted by Gasteiger charge is -2.62. The summed E-state index contributed by atoms with van der Waals surface area (Å²) in [6.45, 7) is 11.8. The van der Waals surface area contributed by atoms with Gasteiger partial charge >= 0.3 is 0 Å². The van der Waals surface area contributed by atoms with Gasteiger partial charge in [-0.25, -0.2) is 0 Å². The van der Waals surface area contributed by atoms with Crippen LogP contribution < -0.4 is 0 Å². The van der Waals surface area contributed by atoms with Gasteiger partial charge in [-0.3, -0.25) is 0 Å². The predicted molar refractivity (Wildman–Crippen MR) is 89.0 cm³/mol. The standard InChI is InChI=1S/C20H34O/c1-5-18(2)12-9-16-15(13-18)7-8-17-19(3,14-21)10-6-11-20(16,17)4/h5,15-17,21H,1,6-14H2,2-4H3/t15?,16-,17-,18+,19+,20+/m1/s1. The molecular formula is C20H34O. The minimum Gasteiger partial charge on any atom is -0.396 e. The van der Waals surface area contributed by atoms with Crippen molar-refractivity contribution in [3.8, 4) is 0 Å². The maximum atomic E-state index is 10.0. The molecule has 6 atom stereocenters. The highest BCUT2D eigenvalue weighted by Crippen LogP contribution is 2.65. The molecule has 0 aromatic heterocycles. The van der Waals surface area contributed by atoms with Crippen LogP contribution in [0.2, 0.25) is 0 Å². The number of rotatable bonds is 2. The van der Waals surface area contributed by atoms with E-state index in [2.05, 4.69) is 33.4 Å². The fourth-order valence-electron chi connectivity index (χ4n) is 6.63. The molecule has 3 aliphatic carbocycles. The van der Waals surface area contributed by atoms with E-state index in [4.69, 9.17) is 0 Å². The molecule has 0 aromatic carbocycles. The number of aliphatic hydroxyl groups excluding tert-OH is 1. The topological polar surface area (TPSA) is 20.2 Å². The van der Waals surface area contributed by atoms with E-state index in [1.54, 1.807) is 0 Å². The molecule has 0 radical (unpaired) electrons. The van der Waals surface area contributed by atoms with Crippen molar-refractivity contribution < 1.29 is 5.11 Å². The van der Waals surface area contributed by atoms with Gasteiger partial charge in [0.1, 0.15) is 0 Å². The monoisotopic (exact) mass is 290 g/mol. The Bertz CT molecular complexity index is 416. The summed E-state index contributed by atoms with van der Waals surface area (Å²) >= 11 is 0. The first-order valence-electron chi connectivity index (χ1n) is 9.11. The van der Waals surface area contributed by atoms with Gasteiger partial charge in [-0.05, 0) is 78.9 Å².